The van der Waals surface area contributed by atoms with Crippen LogP contribution < -0.4 is 0 Å². The average molecular weight is 410 g/mol. The smallest absolute Gasteiger partial charge is 0.253 e. The first kappa shape index (κ1) is 21.2. The van der Waals surface area contributed by atoms with Gasteiger partial charge in [-0.15, -0.1) is 0 Å². The van der Waals surface area contributed by atoms with Gasteiger partial charge in [0.05, 0.1) is 17.1 Å². The lowest BCUT2D eigenvalue weighted by atomic mass is 10.0. The van der Waals surface area contributed by atoms with Gasteiger partial charge in [-0.05, 0) is 71.1 Å². The van der Waals surface area contributed by atoms with E-state index in [1.807, 2.05) is 20.9 Å². The minimum absolute atomic E-state index is 0.0629. The summed E-state index contributed by atoms with van der Waals surface area (Å²) < 4.78 is 33.0. The lowest BCUT2D eigenvalue weighted by Gasteiger charge is -2.35. The second-order valence-corrected chi connectivity index (χ2v) is 9.99. The quantitative estimate of drug-likeness (QED) is 0.756. The van der Waals surface area contributed by atoms with Crippen LogP contribution in [0, 0.1) is 0 Å². The standard InChI is InChI=1S/C20H31N3O4S/c1-15-13-23(14-16(2)27-15)28(25,26)19-7-5-17(6-8-19)20(24)22(4)18-9-11-21(3)12-10-18/h5-8,15-16,18H,9-14H2,1-4H3/t15-,16+. The molecule has 2 aliphatic rings. The summed E-state index contributed by atoms with van der Waals surface area (Å²) in [6, 6.07) is 6.54. The summed E-state index contributed by atoms with van der Waals surface area (Å²) in [6.07, 6.45) is 1.64. The molecule has 1 aromatic carbocycles. The molecule has 7 nitrogen and oxygen atoms in total. The molecule has 28 heavy (non-hydrogen) atoms. The molecule has 0 aromatic heterocycles. The normalized spacial score (nSPS) is 25.6. The minimum atomic E-state index is -3.59. The number of carbonyl (C=O) groups excluding carboxylic acids is 1. The zero-order chi connectivity index (χ0) is 20.5. The summed E-state index contributed by atoms with van der Waals surface area (Å²) in [5, 5.41) is 0. The number of nitrogens with zero attached hydrogens (tertiary/aromatic N) is 3. The summed E-state index contributed by atoms with van der Waals surface area (Å²) in [4.78, 5) is 17.1. The van der Waals surface area contributed by atoms with Crippen LogP contribution in [0.25, 0.3) is 0 Å². The summed E-state index contributed by atoms with van der Waals surface area (Å²) in [6.45, 7) is 6.39. The molecule has 0 N–H and O–H groups in total. The number of piperidine rings is 1. The minimum Gasteiger partial charge on any atom is -0.373 e. The predicted octanol–water partition coefficient (Wildman–Crippen LogP) is 1.65. The Morgan fingerprint density at radius 2 is 1.61 bits per heavy atom. The number of benzene rings is 1. The zero-order valence-corrected chi connectivity index (χ0v) is 18.0. The molecule has 2 atom stereocenters. The maximum atomic E-state index is 12.9. The van der Waals surface area contributed by atoms with Crippen molar-refractivity contribution in [2.75, 3.05) is 40.3 Å². The van der Waals surface area contributed by atoms with Crippen molar-refractivity contribution < 1.29 is 17.9 Å². The number of morpholine rings is 1. The summed E-state index contributed by atoms with van der Waals surface area (Å²) in [5.74, 6) is -0.0629. The Hall–Kier alpha value is -1.48. The molecule has 8 heteroatoms. The van der Waals surface area contributed by atoms with Gasteiger partial charge in [-0.25, -0.2) is 8.42 Å². The second-order valence-electron chi connectivity index (χ2n) is 8.05. The molecule has 0 bridgehead atoms. The number of carbonyl (C=O) groups is 1. The number of rotatable bonds is 4. The first-order valence-corrected chi connectivity index (χ1v) is 11.3. The van der Waals surface area contributed by atoms with Gasteiger partial charge in [0.2, 0.25) is 10.0 Å². The molecule has 2 aliphatic heterocycles. The fourth-order valence-electron chi connectivity index (χ4n) is 4.00. The first-order valence-electron chi connectivity index (χ1n) is 9.90. The van der Waals surface area contributed by atoms with Gasteiger partial charge in [0.15, 0.2) is 0 Å². The third kappa shape index (κ3) is 4.56. The fraction of sp³-hybridized carbons (Fsp3) is 0.650. The Morgan fingerprint density at radius 3 is 2.14 bits per heavy atom. The Morgan fingerprint density at radius 1 is 1.07 bits per heavy atom. The number of ether oxygens (including phenoxy) is 1. The van der Waals surface area contributed by atoms with E-state index in [9.17, 15) is 13.2 Å². The van der Waals surface area contributed by atoms with Crippen LogP contribution in [0.3, 0.4) is 0 Å². The fourth-order valence-corrected chi connectivity index (χ4v) is 5.59. The molecule has 0 unspecified atom stereocenters. The molecule has 2 fully saturated rings. The van der Waals surface area contributed by atoms with Gasteiger partial charge >= 0.3 is 0 Å². The van der Waals surface area contributed by atoms with Gasteiger partial charge in [0.1, 0.15) is 0 Å². The van der Waals surface area contributed by atoms with Gasteiger partial charge in [-0.1, -0.05) is 0 Å². The maximum absolute atomic E-state index is 12.9. The lowest BCUT2D eigenvalue weighted by Crippen LogP contribution is -2.48. The van der Waals surface area contributed by atoms with Gasteiger partial charge < -0.3 is 14.5 Å². The van der Waals surface area contributed by atoms with Crippen LogP contribution in [0.1, 0.15) is 37.0 Å². The number of amides is 1. The molecule has 0 aliphatic carbocycles. The average Bonchev–Trinajstić information content (AvgIpc) is 2.67. The Balaban J connectivity index is 1.71. The summed E-state index contributed by atoms with van der Waals surface area (Å²) in [5.41, 5.74) is 0.518. The van der Waals surface area contributed by atoms with Crippen molar-refractivity contribution in [2.45, 2.75) is 49.8 Å². The highest BCUT2D eigenvalue weighted by Crippen LogP contribution is 2.22. The van der Waals surface area contributed by atoms with E-state index < -0.39 is 10.0 Å². The molecule has 1 amide bonds. The van der Waals surface area contributed by atoms with Crippen molar-refractivity contribution in [3.63, 3.8) is 0 Å². The molecule has 1 aromatic rings. The Labute approximate surface area is 168 Å². The number of hydrogen-bond donors (Lipinski definition) is 0. The molecule has 0 saturated carbocycles. The van der Waals surface area contributed by atoms with Gasteiger partial charge in [-0.2, -0.15) is 4.31 Å². The largest absolute Gasteiger partial charge is 0.373 e. The van der Waals surface area contributed by atoms with Crippen molar-refractivity contribution in [3.05, 3.63) is 29.8 Å². The monoisotopic (exact) mass is 409 g/mol. The molecular formula is C20H31N3O4S. The molecule has 0 spiro atoms. The van der Waals surface area contributed by atoms with Crippen molar-refractivity contribution in [3.8, 4) is 0 Å². The summed E-state index contributed by atoms with van der Waals surface area (Å²) >= 11 is 0. The van der Waals surface area contributed by atoms with Gasteiger partial charge in [0, 0.05) is 31.7 Å². The lowest BCUT2D eigenvalue weighted by molar-refractivity contribution is -0.0440. The van der Waals surface area contributed by atoms with E-state index in [0.717, 1.165) is 25.9 Å². The van der Waals surface area contributed by atoms with E-state index in [1.54, 1.807) is 17.0 Å². The van der Waals surface area contributed by atoms with Gasteiger partial charge in [0.25, 0.3) is 5.91 Å². The van der Waals surface area contributed by atoms with Crippen LogP contribution in [-0.2, 0) is 14.8 Å². The highest BCUT2D eigenvalue weighted by molar-refractivity contribution is 7.89. The molecule has 2 heterocycles. The van der Waals surface area contributed by atoms with Crippen LogP contribution in [0.4, 0.5) is 0 Å². The van der Waals surface area contributed by atoms with Crippen molar-refractivity contribution in [1.29, 1.82) is 0 Å². The second kappa shape index (κ2) is 8.49. The van der Waals surface area contributed by atoms with E-state index in [0.29, 0.717) is 18.7 Å². The molecular weight excluding hydrogens is 378 g/mol. The highest BCUT2D eigenvalue weighted by atomic mass is 32.2. The predicted molar refractivity (Wildman–Crippen MR) is 108 cm³/mol. The van der Waals surface area contributed by atoms with Crippen LogP contribution in [0.15, 0.2) is 29.2 Å². The van der Waals surface area contributed by atoms with E-state index >= 15 is 0 Å². The van der Waals surface area contributed by atoms with Crippen LogP contribution in [-0.4, -0.2) is 87.0 Å². The van der Waals surface area contributed by atoms with E-state index in [4.69, 9.17) is 4.74 Å². The van der Waals surface area contributed by atoms with Gasteiger partial charge in [-0.3, -0.25) is 4.79 Å². The SMILES string of the molecule is C[C@@H]1CN(S(=O)(=O)c2ccc(C(=O)N(C)C3CCN(C)CC3)cc2)C[C@H](C)O1. The Kier molecular flexibility index (Phi) is 6.44. The van der Waals surface area contributed by atoms with Crippen LogP contribution >= 0.6 is 0 Å². The first-order chi connectivity index (χ1) is 13.2. The van der Waals surface area contributed by atoms with Crippen LogP contribution in [0.2, 0.25) is 0 Å². The van der Waals surface area contributed by atoms with Crippen molar-refractivity contribution in [2.24, 2.45) is 0 Å². The number of sulfonamides is 1. The number of likely N-dealkylation sites (tertiary alicyclic amines) is 1. The molecule has 156 valence electrons. The highest BCUT2D eigenvalue weighted by Gasteiger charge is 2.32. The van der Waals surface area contributed by atoms with Crippen molar-refractivity contribution >= 4 is 15.9 Å². The Bertz CT molecular complexity index is 778. The summed E-state index contributed by atoms with van der Waals surface area (Å²) in [7, 11) is 0.329. The van der Waals surface area contributed by atoms with Crippen LogP contribution in [0.5, 0.6) is 0 Å². The van der Waals surface area contributed by atoms with E-state index in [2.05, 4.69) is 11.9 Å². The molecule has 3 rings (SSSR count). The van der Waals surface area contributed by atoms with E-state index in [-0.39, 0.29) is 29.1 Å². The van der Waals surface area contributed by atoms with E-state index in [1.165, 1.54) is 16.4 Å². The zero-order valence-electron chi connectivity index (χ0n) is 17.2. The number of hydrogen-bond acceptors (Lipinski definition) is 5. The van der Waals surface area contributed by atoms with Crippen molar-refractivity contribution in [1.82, 2.24) is 14.1 Å². The topological polar surface area (TPSA) is 70.2 Å². The third-order valence-corrected chi connectivity index (χ3v) is 7.53. The maximum Gasteiger partial charge on any atom is 0.253 e. The third-order valence-electron chi connectivity index (χ3n) is 5.68. The molecule has 2 saturated heterocycles. The molecule has 0 radical (unpaired) electrons.